The number of hydrogen-bond acceptors (Lipinski definition) is 3. The first-order valence-electron chi connectivity index (χ1n) is 10.6. The Hall–Kier alpha value is -2.53. The summed E-state index contributed by atoms with van der Waals surface area (Å²) in [6.45, 7) is 1.03. The van der Waals surface area contributed by atoms with Gasteiger partial charge in [0.1, 0.15) is 5.82 Å². The molecule has 3 aromatic carbocycles. The van der Waals surface area contributed by atoms with Crippen LogP contribution in [0.15, 0.2) is 84.9 Å². The van der Waals surface area contributed by atoms with Crippen molar-refractivity contribution in [3.63, 3.8) is 0 Å². The lowest BCUT2D eigenvalue weighted by Crippen LogP contribution is -2.43. The number of halogens is 1. The summed E-state index contributed by atoms with van der Waals surface area (Å²) in [6, 6.07) is 27.3. The fraction of sp³-hybridized carbons (Fsp3) is 0.308. The molecule has 0 spiro atoms. The lowest BCUT2D eigenvalue weighted by Gasteiger charge is -2.35. The van der Waals surface area contributed by atoms with Gasteiger partial charge < -0.3 is 15.2 Å². The zero-order chi connectivity index (χ0) is 20.8. The van der Waals surface area contributed by atoms with Crippen molar-refractivity contribution in [3.8, 4) is 0 Å². The summed E-state index contributed by atoms with van der Waals surface area (Å²) in [5, 5.41) is 13.8. The number of nitrogens with one attached hydrogen (secondary N) is 1. The molecule has 2 N–H and O–H groups in total. The van der Waals surface area contributed by atoms with E-state index in [9.17, 15) is 9.50 Å². The van der Waals surface area contributed by atoms with Crippen molar-refractivity contribution in [1.29, 1.82) is 0 Å². The van der Waals surface area contributed by atoms with Crippen molar-refractivity contribution in [2.45, 2.75) is 37.0 Å². The Morgan fingerprint density at radius 1 is 0.833 bits per heavy atom. The molecule has 3 nitrogen and oxygen atoms in total. The minimum absolute atomic E-state index is 0.120. The highest BCUT2D eigenvalue weighted by Crippen LogP contribution is 2.34. The van der Waals surface area contributed by atoms with E-state index in [1.54, 1.807) is 12.1 Å². The molecule has 4 heteroatoms. The fourth-order valence-electron chi connectivity index (χ4n) is 4.22. The second-order valence-corrected chi connectivity index (χ2v) is 7.92. The highest BCUT2D eigenvalue weighted by Gasteiger charge is 2.30. The minimum atomic E-state index is -0.662. The summed E-state index contributed by atoms with van der Waals surface area (Å²) < 4.78 is 19.4. The lowest BCUT2D eigenvalue weighted by atomic mass is 9.83. The van der Waals surface area contributed by atoms with Crippen LogP contribution >= 0.6 is 0 Å². The van der Waals surface area contributed by atoms with Crippen molar-refractivity contribution < 1.29 is 14.2 Å². The maximum Gasteiger partial charge on any atom is 0.123 e. The van der Waals surface area contributed by atoms with Crippen LogP contribution in [0, 0.1) is 5.82 Å². The van der Waals surface area contributed by atoms with E-state index in [0.717, 1.165) is 12.8 Å². The first kappa shape index (κ1) is 20.7. The number of aliphatic hydroxyl groups excluding tert-OH is 1. The van der Waals surface area contributed by atoms with Crippen LogP contribution in [0.25, 0.3) is 0 Å². The molecule has 3 aromatic rings. The number of ether oxygens (including phenoxy) is 1. The van der Waals surface area contributed by atoms with Crippen LogP contribution in [0.2, 0.25) is 0 Å². The Morgan fingerprint density at radius 2 is 1.43 bits per heavy atom. The Morgan fingerprint density at radius 3 is 1.97 bits per heavy atom. The second-order valence-electron chi connectivity index (χ2n) is 7.92. The maximum absolute atomic E-state index is 13.1. The van der Waals surface area contributed by atoms with E-state index in [1.165, 1.54) is 23.3 Å². The van der Waals surface area contributed by atoms with Gasteiger partial charge in [-0.25, -0.2) is 4.39 Å². The van der Waals surface area contributed by atoms with Gasteiger partial charge in [0.2, 0.25) is 0 Å². The quantitative estimate of drug-likeness (QED) is 0.592. The third-order valence-electron chi connectivity index (χ3n) is 5.85. The van der Waals surface area contributed by atoms with E-state index in [4.69, 9.17) is 4.74 Å². The molecule has 1 fully saturated rings. The van der Waals surface area contributed by atoms with Crippen molar-refractivity contribution in [2.75, 3.05) is 13.2 Å². The largest absolute Gasteiger partial charge is 0.387 e. The van der Waals surface area contributed by atoms with Crippen molar-refractivity contribution in [2.24, 2.45) is 0 Å². The maximum atomic E-state index is 13.1. The minimum Gasteiger partial charge on any atom is -0.387 e. The van der Waals surface area contributed by atoms with Crippen LogP contribution in [-0.4, -0.2) is 30.4 Å². The summed E-state index contributed by atoms with van der Waals surface area (Å²) in [6.07, 6.45) is 1.38. The van der Waals surface area contributed by atoms with Gasteiger partial charge in [0.15, 0.2) is 0 Å². The van der Waals surface area contributed by atoms with Gasteiger partial charge in [-0.05, 0) is 41.7 Å². The van der Waals surface area contributed by atoms with Crippen LogP contribution in [0.5, 0.6) is 0 Å². The molecular formula is C26H28FNO2. The number of benzene rings is 3. The molecule has 1 saturated heterocycles. The Kier molecular flexibility index (Phi) is 6.90. The van der Waals surface area contributed by atoms with E-state index >= 15 is 0 Å². The van der Waals surface area contributed by atoms with E-state index in [1.807, 2.05) is 12.1 Å². The van der Waals surface area contributed by atoms with E-state index in [2.05, 4.69) is 53.8 Å². The van der Waals surface area contributed by atoms with Gasteiger partial charge in [-0.1, -0.05) is 72.8 Å². The molecule has 1 heterocycles. The molecule has 0 saturated carbocycles. The fourth-order valence-corrected chi connectivity index (χ4v) is 4.22. The van der Waals surface area contributed by atoms with Gasteiger partial charge in [0.05, 0.1) is 18.8 Å². The molecule has 4 rings (SSSR count). The molecule has 0 bridgehead atoms. The average molecular weight is 406 g/mol. The van der Waals surface area contributed by atoms with E-state index < -0.39 is 6.10 Å². The molecule has 156 valence electrons. The van der Waals surface area contributed by atoms with Gasteiger partial charge in [0.25, 0.3) is 0 Å². The van der Waals surface area contributed by atoms with Crippen molar-refractivity contribution in [3.05, 3.63) is 107 Å². The third-order valence-corrected chi connectivity index (χ3v) is 5.85. The molecule has 1 aliphatic heterocycles. The van der Waals surface area contributed by atoms with Crippen LogP contribution in [0.3, 0.4) is 0 Å². The smallest absolute Gasteiger partial charge is 0.123 e. The first-order chi connectivity index (χ1) is 14.7. The summed E-state index contributed by atoms with van der Waals surface area (Å²) in [5.41, 5.74) is 3.26. The van der Waals surface area contributed by atoms with Crippen LogP contribution in [-0.2, 0) is 4.74 Å². The molecule has 0 aliphatic carbocycles. The lowest BCUT2D eigenvalue weighted by molar-refractivity contribution is -0.0134. The zero-order valence-electron chi connectivity index (χ0n) is 17.0. The molecule has 3 atom stereocenters. The van der Waals surface area contributed by atoms with Crippen molar-refractivity contribution in [1.82, 2.24) is 5.32 Å². The standard InChI is InChI=1S/C26H28FNO2/c27-22-13-11-19(12-14-22)24(29)17-28-23-15-16-25(30-18-23)26(20-7-3-1-4-8-20)21-9-5-2-6-10-21/h1-14,23-26,28-29H,15-18H2/t23-,24-,25-/m0/s1. The van der Waals surface area contributed by atoms with Crippen LogP contribution in [0.1, 0.15) is 41.6 Å². The molecular weight excluding hydrogens is 377 g/mol. The zero-order valence-corrected chi connectivity index (χ0v) is 17.0. The average Bonchev–Trinajstić information content (AvgIpc) is 2.80. The normalized spacial score (nSPS) is 20.2. The molecule has 0 aromatic heterocycles. The van der Waals surface area contributed by atoms with Crippen LogP contribution < -0.4 is 5.32 Å². The SMILES string of the molecule is O[C@@H](CN[C@H]1CC[C@@H](C(c2ccccc2)c2ccccc2)OC1)c1ccc(F)cc1. The van der Waals surface area contributed by atoms with Crippen molar-refractivity contribution >= 4 is 0 Å². The Labute approximate surface area is 177 Å². The third kappa shape index (κ3) is 5.14. The molecule has 0 amide bonds. The molecule has 1 aliphatic rings. The summed E-state index contributed by atoms with van der Waals surface area (Å²) in [7, 11) is 0. The molecule has 0 radical (unpaired) electrons. The van der Waals surface area contributed by atoms with Gasteiger partial charge in [-0.2, -0.15) is 0 Å². The summed E-state index contributed by atoms with van der Waals surface area (Å²) >= 11 is 0. The summed E-state index contributed by atoms with van der Waals surface area (Å²) in [4.78, 5) is 0. The first-order valence-corrected chi connectivity index (χ1v) is 10.6. The Balaban J connectivity index is 1.36. The number of rotatable bonds is 7. The number of aliphatic hydroxyl groups is 1. The van der Waals surface area contributed by atoms with Gasteiger partial charge in [-0.3, -0.25) is 0 Å². The van der Waals surface area contributed by atoms with E-state index in [0.29, 0.717) is 18.7 Å². The second kappa shape index (κ2) is 9.98. The monoisotopic (exact) mass is 405 g/mol. The molecule has 30 heavy (non-hydrogen) atoms. The van der Waals surface area contributed by atoms with Gasteiger partial charge in [0, 0.05) is 18.5 Å². The topological polar surface area (TPSA) is 41.5 Å². The highest BCUT2D eigenvalue weighted by atomic mass is 19.1. The van der Waals surface area contributed by atoms with E-state index in [-0.39, 0.29) is 23.9 Å². The number of hydrogen-bond donors (Lipinski definition) is 2. The highest BCUT2D eigenvalue weighted by molar-refractivity contribution is 5.34. The predicted molar refractivity (Wildman–Crippen MR) is 117 cm³/mol. The summed E-state index contributed by atoms with van der Waals surface area (Å²) in [5.74, 6) is -0.0878. The van der Waals surface area contributed by atoms with Gasteiger partial charge in [-0.15, -0.1) is 0 Å². The van der Waals surface area contributed by atoms with Gasteiger partial charge >= 0.3 is 0 Å². The molecule has 0 unspecified atom stereocenters. The predicted octanol–water partition coefficient (Wildman–Crippen LogP) is 4.83. The Bertz CT molecular complexity index is 854. The van der Waals surface area contributed by atoms with Crippen LogP contribution in [0.4, 0.5) is 4.39 Å².